The van der Waals surface area contributed by atoms with Gasteiger partial charge in [0.2, 0.25) is 5.91 Å². The lowest BCUT2D eigenvalue weighted by Gasteiger charge is -2.15. The van der Waals surface area contributed by atoms with E-state index in [1.165, 1.54) is 10.9 Å². The zero-order chi connectivity index (χ0) is 14.5. The van der Waals surface area contributed by atoms with Gasteiger partial charge < -0.3 is 14.8 Å². The van der Waals surface area contributed by atoms with Crippen LogP contribution in [0.1, 0.15) is 19.4 Å². The van der Waals surface area contributed by atoms with Gasteiger partial charge in [0.05, 0.1) is 0 Å². The standard InChI is InChI=1S/C16H23N3O/c1-4-17-11-13-7-6-8-15-14(13)9-10-19(15)12-16(20)18(3)5-2/h6-10,17H,4-5,11-12H2,1-3H3. The highest BCUT2D eigenvalue weighted by atomic mass is 16.2. The Hall–Kier alpha value is -1.81. The van der Waals surface area contributed by atoms with Crippen molar-refractivity contribution in [3.63, 3.8) is 0 Å². The maximum absolute atomic E-state index is 12.0. The minimum atomic E-state index is 0.141. The Morgan fingerprint density at radius 3 is 2.80 bits per heavy atom. The van der Waals surface area contributed by atoms with Crippen LogP contribution in [0.4, 0.5) is 0 Å². The molecule has 1 amide bonds. The van der Waals surface area contributed by atoms with E-state index in [4.69, 9.17) is 0 Å². The fourth-order valence-electron chi connectivity index (χ4n) is 2.28. The third-order valence-electron chi connectivity index (χ3n) is 3.68. The predicted molar refractivity (Wildman–Crippen MR) is 82.6 cm³/mol. The molecule has 20 heavy (non-hydrogen) atoms. The number of carbonyl (C=O) groups is 1. The number of carbonyl (C=O) groups excluding carboxylic acids is 1. The highest BCUT2D eigenvalue weighted by Crippen LogP contribution is 2.20. The van der Waals surface area contributed by atoms with E-state index in [-0.39, 0.29) is 5.91 Å². The molecule has 0 saturated carbocycles. The Kier molecular flexibility index (Phi) is 4.79. The Morgan fingerprint density at radius 2 is 2.10 bits per heavy atom. The van der Waals surface area contributed by atoms with Crippen LogP contribution in [-0.4, -0.2) is 35.5 Å². The average molecular weight is 273 g/mol. The molecule has 0 unspecified atom stereocenters. The number of nitrogens with one attached hydrogen (secondary N) is 1. The number of hydrogen-bond acceptors (Lipinski definition) is 2. The molecule has 1 N–H and O–H groups in total. The summed E-state index contributed by atoms with van der Waals surface area (Å²) in [4.78, 5) is 13.8. The van der Waals surface area contributed by atoms with Gasteiger partial charge in [-0.2, -0.15) is 0 Å². The summed E-state index contributed by atoms with van der Waals surface area (Å²) >= 11 is 0. The molecule has 2 rings (SSSR count). The Balaban J connectivity index is 2.26. The van der Waals surface area contributed by atoms with Crippen molar-refractivity contribution >= 4 is 16.8 Å². The quantitative estimate of drug-likeness (QED) is 0.876. The molecule has 1 aromatic carbocycles. The lowest BCUT2D eigenvalue weighted by atomic mass is 10.1. The molecule has 0 aliphatic rings. The second-order valence-corrected chi connectivity index (χ2v) is 4.98. The van der Waals surface area contributed by atoms with E-state index in [1.807, 2.05) is 24.7 Å². The second-order valence-electron chi connectivity index (χ2n) is 4.98. The van der Waals surface area contributed by atoms with Crippen molar-refractivity contribution in [3.05, 3.63) is 36.0 Å². The lowest BCUT2D eigenvalue weighted by molar-refractivity contribution is -0.130. The zero-order valence-corrected chi connectivity index (χ0v) is 12.5. The van der Waals surface area contributed by atoms with Crippen LogP contribution in [0.2, 0.25) is 0 Å². The van der Waals surface area contributed by atoms with Gasteiger partial charge in [-0.3, -0.25) is 4.79 Å². The van der Waals surface area contributed by atoms with Crippen molar-refractivity contribution < 1.29 is 4.79 Å². The molecule has 0 aliphatic carbocycles. The SMILES string of the molecule is CCNCc1cccc2c1ccn2CC(=O)N(C)CC. The minimum absolute atomic E-state index is 0.141. The molecular formula is C16H23N3O. The van der Waals surface area contributed by atoms with Gasteiger partial charge >= 0.3 is 0 Å². The van der Waals surface area contributed by atoms with Crippen LogP contribution >= 0.6 is 0 Å². The summed E-state index contributed by atoms with van der Waals surface area (Å²) < 4.78 is 2.03. The van der Waals surface area contributed by atoms with Crippen molar-refractivity contribution in [2.75, 3.05) is 20.1 Å². The van der Waals surface area contributed by atoms with E-state index in [2.05, 4.69) is 36.5 Å². The summed E-state index contributed by atoms with van der Waals surface area (Å²) in [7, 11) is 1.84. The summed E-state index contributed by atoms with van der Waals surface area (Å²) in [6.07, 6.45) is 2.00. The van der Waals surface area contributed by atoms with Gasteiger partial charge in [0.15, 0.2) is 0 Å². The third kappa shape index (κ3) is 3.02. The number of rotatable bonds is 6. The van der Waals surface area contributed by atoms with Crippen LogP contribution in [0.25, 0.3) is 10.9 Å². The van der Waals surface area contributed by atoms with Crippen molar-refractivity contribution in [3.8, 4) is 0 Å². The fraction of sp³-hybridized carbons (Fsp3) is 0.438. The molecule has 1 heterocycles. The van der Waals surface area contributed by atoms with Crippen LogP contribution in [-0.2, 0) is 17.9 Å². The van der Waals surface area contributed by atoms with Crippen LogP contribution in [0.3, 0.4) is 0 Å². The van der Waals surface area contributed by atoms with Gasteiger partial charge in [0.1, 0.15) is 6.54 Å². The first-order valence-electron chi connectivity index (χ1n) is 7.18. The van der Waals surface area contributed by atoms with Gasteiger partial charge in [0.25, 0.3) is 0 Å². The van der Waals surface area contributed by atoms with Crippen LogP contribution in [0, 0.1) is 0 Å². The summed E-state index contributed by atoms with van der Waals surface area (Å²) in [5.74, 6) is 0.141. The number of likely N-dealkylation sites (N-methyl/N-ethyl adjacent to an activating group) is 1. The first-order chi connectivity index (χ1) is 9.67. The fourth-order valence-corrected chi connectivity index (χ4v) is 2.28. The molecule has 108 valence electrons. The number of fused-ring (bicyclic) bond motifs is 1. The summed E-state index contributed by atoms with van der Waals surface area (Å²) in [5, 5.41) is 4.57. The average Bonchev–Trinajstić information content (AvgIpc) is 2.88. The molecule has 0 aliphatic heterocycles. The molecule has 4 heteroatoms. The van der Waals surface area contributed by atoms with Gasteiger partial charge in [-0.05, 0) is 31.2 Å². The predicted octanol–water partition coefficient (Wildman–Crippen LogP) is 2.23. The molecule has 1 aromatic heterocycles. The molecule has 0 fully saturated rings. The normalized spacial score (nSPS) is 10.9. The Labute approximate surface area is 120 Å². The van der Waals surface area contributed by atoms with Crippen LogP contribution < -0.4 is 5.32 Å². The van der Waals surface area contributed by atoms with E-state index in [1.54, 1.807) is 4.90 Å². The maximum Gasteiger partial charge on any atom is 0.242 e. The lowest BCUT2D eigenvalue weighted by Crippen LogP contribution is -2.29. The second kappa shape index (κ2) is 6.57. The molecule has 2 aromatic rings. The molecule has 0 bridgehead atoms. The van der Waals surface area contributed by atoms with Gasteiger partial charge in [-0.1, -0.05) is 19.1 Å². The molecule has 0 spiro atoms. The van der Waals surface area contributed by atoms with Crippen molar-refractivity contribution in [2.24, 2.45) is 0 Å². The van der Waals surface area contributed by atoms with E-state index in [9.17, 15) is 4.79 Å². The van der Waals surface area contributed by atoms with Gasteiger partial charge in [0, 0.05) is 37.2 Å². The first-order valence-corrected chi connectivity index (χ1v) is 7.18. The summed E-state index contributed by atoms with van der Waals surface area (Å²) in [6, 6.07) is 8.36. The van der Waals surface area contributed by atoms with Crippen LogP contribution in [0.15, 0.2) is 30.5 Å². The molecular weight excluding hydrogens is 250 g/mol. The number of aromatic nitrogens is 1. The number of amides is 1. The largest absolute Gasteiger partial charge is 0.344 e. The smallest absolute Gasteiger partial charge is 0.242 e. The number of hydrogen-bond donors (Lipinski definition) is 1. The topological polar surface area (TPSA) is 37.3 Å². The number of benzene rings is 1. The van der Waals surface area contributed by atoms with Crippen molar-refractivity contribution in [2.45, 2.75) is 26.9 Å². The zero-order valence-electron chi connectivity index (χ0n) is 12.5. The Morgan fingerprint density at radius 1 is 1.30 bits per heavy atom. The third-order valence-corrected chi connectivity index (χ3v) is 3.68. The highest BCUT2D eigenvalue weighted by Gasteiger charge is 2.10. The van der Waals surface area contributed by atoms with E-state index in [0.29, 0.717) is 6.54 Å². The maximum atomic E-state index is 12.0. The highest BCUT2D eigenvalue weighted by molar-refractivity contribution is 5.85. The monoisotopic (exact) mass is 273 g/mol. The first kappa shape index (κ1) is 14.6. The molecule has 4 nitrogen and oxygen atoms in total. The van der Waals surface area contributed by atoms with Crippen LogP contribution in [0.5, 0.6) is 0 Å². The van der Waals surface area contributed by atoms with E-state index >= 15 is 0 Å². The van der Waals surface area contributed by atoms with Crippen molar-refractivity contribution in [1.82, 2.24) is 14.8 Å². The summed E-state index contributed by atoms with van der Waals surface area (Å²) in [6.45, 7) is 7.05. The summed E-state index contributed by atoms with van der Waals surface area (Å²) in [5.41, 5.74) is 2.40. The van der Waals surface area contributed by atoms with Crippen molar-refractivity contribution in [1.29, 1.82) is 0 Å². The van der Waals surface area contributed by atoms with E-state index < -0.39 is 0 Å². The molecule has 0 radical (unpaired) electrons. The van der Waals surface area contributed by atoms with E-state index in [0.717, 1.165) is 25.2 Å². The Bertz CT molecular complexity index is 588. The minimum Gasteiger partial charge on any atom is -0.344 e. The number of nitrogens with zero attached hydrogens (tertiary/aromatic N) is 2. The molecule has 0 saturated heterocycles. The van der Waals surface area contributed by atoms with Gasteiger partial charge in [-0.15, -0.1) is 0 Å². The van der Waals surface area contributed by atoms with Gasteiger partial charge in [-0.25, -0.2) is 0 Å². The molecule has 0 atom stereocenters.